The third kappa shape index (κ3) is 2.71. The molecule has 3 aromatic rings. The number of thiazole rings is 1. The lowest BCUT2D eigenvalue weighted by Crippen LogP contribution is -2.26. The number of aryl methyl sites for hydroxylation is 1. The van der Waals surface area contributed by atoms with E-state index in [1.165, 1.54) is 11.3 Å². The lowest BCUT2D eigenvalue weighted by Gasteiger charge is -2.20. The Labute approximate surface area is 152 Å². The van der Waals surface area contributed by atoms with Crippen LogP contribution in [-0.2, 0) is 0 Å². The molecule has 0 fully saturated rings. The molecule has 0 aliphatic carbocycles. The number of aliphatic hydroxyl groups excluding tert-OH is 1. The van der Waals surface area contributed by atoms with Crippen molar-refractivity contribution < 1.29 is 10.2 Å². The number of thiophene rings is 1. The number of phenolic OH excluding ortho intramolecular Hbond substituents is 1. The van der Waals surface area contributed by atoms with Crippen molar-refractivity contribution >= 4 is 39.8 Å². The van der Waals surface area contributed by atoms with Gasteiger partial charge in [0.05, 0.1) is 28.4 Å². The number of nitrogens with zero attached hydrogens (tertiary/aromatic N) is 2. The van der Waals surface area contributed by atoms with Crippen molar-refractivity contribution in [2.75, 3.05) is 11.4 Å². The van der Waals surface area contributed by atoms with Crippen molar-refractivity contribution in [3.05, 3.63) is 57.4 Å². The van der Waals surface area contributed by atoms with Crippen LogP contribution in [0.5, 0.6) is 5.75 Å². The molecule has 0 radical (unpaired) electrons. The summed E-state index contributed by atoms with van der Waals surface area (Å²) in [6.45, 7) is 2.07. The maximum Gasteiger partial charge on any atom is 0.139 e. The first-order chi connectivity index (χ1) is 12.0. The summed E-state index contributed by atoms with van der Waals surface area (Å²) in [4.78, 5) is 7.24. The van der Waals surface area contributed by atoms with Crippen LogP contribution in [0.1, 0.15) is 10.6 Å². The SMILES string of the molecule is Cc1ccc(O)c(N2CC(O)=C(c3nc(-c4cccs4)cs3)C2=N)c1. The number of nitrogens with one attached hydrogen (secondary N) is 1. The normalized spacial score (nSPS) is 14.6. The van der Waals surface area contributed by atoms with Crippen molar-refractivity contribution in [2.45, 2.75) is 6.92 Å². The monoisotopic (exact) mass is 369 g/mol. The number of amidine groups is 1. The molecule has 3 N–H and O–H groups in total. The molecular formula is C18H15N3O2S2. The minimum Gasteiger partial charge on any atom is -0.510 e. The maximum atomic E-state index is 10.4. The average Bonchev–Trinajstić information content (AvgIpc) is 3.30. The Morgan fingerprint density at radius 2 is 2.04 bits per heavy atom. The van der Waals surface area contributed by atoms with Gasteiger partial charge in [0.2, 0.25) is 0 Å². The second-order valence-electron chi connectivity index (χ2n) is 5.76. The van der Waals surface area contributed by atoms with Gasteiger partial charge in [0.1, 0.15) is 22.4 Å². The van der Waals surface area contributed by atoms with Crippen LogP contribution in [0.4, 0.5) is 5.69 Å². The highest BCUT2D eigenvalue weighted by molar-refractivity contribution is 7.14. The molecule has 126 valence electrons. The molecule has 4 rings (SSSR count). The number of hydrogen-bond donors (Lipinski definition) is 3. The van der Waals surface area contributed by atoms with E-state index in [9.17, 15) is 10.2 Å². The zero-order valence-corrected chi connectivity index (χ0v) is 15.0. The van der Waals surface area contributed by atoms with Crippen LogP contribution in [0.15, 0.2) is 46.9 Å². The predicted molar refractivity (Wildman–Crippen MR) is 103 cm³/mol. The summed E-state index contributed by atoms with van der Waals surface area (Å²) in [6, 6.07) is 9.18. The third-order valence-corrected chi connectivity index (χ3v) is 5.77. The van der Waals surface area contributed by atoms with E-state index in [-0.39, 0.29) is 23.9 Å². The van der Waals surface area contributed by atoms with E-state index in [4.69, 9.17) is 5.41 Å². The van der Waals surface area contributed by atoms with Gasteiger partial charge >= 0.3 is 0 Å². The lowest BCUT2D eigenvalue weighted by molar-refractivity contribution is 0.411. The Kier molecular flexibility index (Phi) is 3.82. The van der Waals surface area contributed by atoms with Crippen molar-refractivity contribution in [3.8, 4) is 16.3 Å². The molecule has 7 heteroatoms. The second-order valence-corrected chi connectivity index (χ2v) is 7.57. The van der Waals surface area contributed by atoms with Gasteiger partial charge in [-0.1, -0.05) is 12.1 Å². The van der Waals surface area contributed by atoms with Crippen molar-refractivity contribution in [3.63, 3.8) is 0 Å². The smallest absolute Gasteiger partial charge is 0.139 e. The predicted octanol–water partition coefficient (Wildman–Crippen LogP) is 4.65. The summed E-state index contributed by atoms with van der Waals surface area (Å²) < 4.78 is 0. The molecule has 0 bridgehead atoms. The summed E-state index contributed by atoms with van der Waals surface area (Å²) in [5.41, 5.74) is 2.76. The van der Waals surface area contributed by atoms with Gasteiger partial charge in [-0.3, -0.25) is 5.41 Å². The zero-order chi connectivity index (χ0) is 17.6. The minimum absolute atomic E-state index is 0.0859. The van der Waals surface area contributed by atoms with Gasteiger partial charge in [-0.25, -0.2) is 4.98 Å². The van der Waals surface area contributed by atoms with Crippen LogP contribution in [0, 0.1) is 12.3 Å². The largest absolute Gasteiger partial charge is 0.510 e. The minimum atomic E-state index is 0.0859. The van der Waals surface area contributed by atoms with Crippen LogP contribution >= 0.6 is 22.7 Å². The van der Waals surface area contributed by atoms with Crippen LogP contribution < -0.4 is 4.90 Å². The number of benzene rings is 1. The van der Waals surface area contributed by atoms with Gasteiger partial charge in [-0.2, -0.15) is 0 Å². The molecule has 0 amide bonds. The van der Waals surface area contributed by atoms with Gasteiger partial charge in [0.15, 0.2) is 0 Å². The molecule has 0 spiro atoms. The highest BCUT2D eigenvalue weighted by Gasteiger charge is 2.32. The summed E-state index contributed by atoms with van der Waals surface area (Å²) in [7, 11) is 0. The molecule has 1 aromatic carbocycles. The number of rotatable bonds is 3. The highest BCUT2D eigenvalue weighted by atomic mass is 32.1. The fourth-order valence-electron chi connectivity index (χ4n) is 2.79. The van der Waals surface area contributed by atoms with Crippen LogP contribution in [0.2, 0.25) is 0 Å². The van der Waals surface area contributed by atoms with E-state index in [0.29, 0.717) is 16.3 Å². The number of anilines is 1. The van der Waals surface area contributed by atoms with E-state index >= 15 is 0 Å². The molecule has 3 heterocycles. The van der Waals surface area contributed by atoms with Crippen molar-refractivity contribution in [1.29, 1.82) is 5.41 Å². The fourth-order valence-corrected chi connectivity index (χ4v) is 4.43. The molecule has 1 aliphatic rings. The zero-order valence-electron chi connectivity index (χ0n) is 13.4. The first kappa shape index (κ1) is 15.9. The summed E-state index contributed by atoms with van der Waals surface area (Å²) in [5.74, 6) is 0.325. The topological polar surface area (TPSA) is 80.4 Å². The number of aliphatic hydroxyl groups is 1. The third-order valence-electron chi connectivity index (χ3n) is 4.02. The van der Waals surface area contributed by atoms with Gasteiger partial charge in [0, 0.05) is 5.38 Å². The van der Waals surface area contributed by atoms with Crippen molar-refractivity contribution in [1.82, 2.24) is 4.98 Å². The molecule has 5 nitrogen and oxygen atoms in total. The summed E-state index contributed by atoms with van der Waals surface area (Å²) in [5, 5.41) is 33.6. The van der Waals surface area contributed by atoms with Crippen molar-refractivity contribution in [2.24, 2.45) is 0 Å². The maximum absolute atomic E-state index is 10.4. The molecule has 25 heavy (non-hydrogen) atoms. The fraction of sp³-hybridized carbons (Fsp3) is 0.111. The number of aromatic hydroxyl groups is 1. The molecule has 0 atom stereocenters. The second kappa shape index (κ2) is 6.02. The average molecular weight is 369 g/mol. The Bertz CT molecular complexity index is 990. The van der Waals surface area contributed by atoms with E-state index in [0.717, 1.165) is 16.1 Å². The molecular weight excluding hydrogens is 354 g/mol. The van der Waals surface area contributed by atoms with Crippen LogP contribution in [0.3, 0.4) is 0 Å². The number of aromatic nitrogens is 1. The Hall–Kier alpha value is -2.64. The van der Waals surface area contributed by atoms with Gasteiger partial charge in [0.25, 0.3) is 0 Å². The molecule has 0 unspecified atom stereocenters. The molecule has 1 aliphatic heterocycles. The number of phenols is 1. The Morgan fingerprint density at radius 3 is 2.80 bits per heavy atom. The highest BCUT2D eigenvalue weighted by Crippen LogP contribution is 2.38. The van der Waals surface area contributed by atoms with E-state index < -0.39 is 0 Å². The van der Waals surface area contributed by atoms with E-state index in [2.05, 4.69) is 4.98 Å². The molecule has 2 aromatic heterocycles. The number of hydrogen-bond acceptors (Lipinski definition) is 6. The van der Waals surface area contributed by atoms with E-state index in [1.807, 2.05) is 29.8 Å². The summed E-state index contributed by atoms with van der Waals surface area (Å²) in [6.07, 6.45) is 0. The van der Waals surface area contributed by atoms with Crippen LogP contribution in [0.25, 0.3) is 16.1 Å². The first-order valence-electron chi connectivity index (χ1n) is 7.62. The van der Waals surface area contributed by atoms with Crippen LogP contribution in [-0.4, -0.2) is 27.6 Å². The standard InChI is InChI=1S/C18H15N3O2S2/c1-10-4-5-13(22)12(7-10)21-8-14(23)16(17(21)19)18-20-11(9-25-18)15-3-2-6-24-15/h2-7,9,19,22-23H,8H2,1H3. The first-order valence-corrected chi connectivity index (χ1v) is 9.38. The van der Waals surface area contributed by atoms with Gasteiger partial charge < -0.3 is 15.1 Å². The molecule has 0 saturated carbocycles. The van der Waals surface area contributed by atoms with Gasteiger partial charge in [-0.05, 0) is 36.1 Å². The Morgan fingerprint density at radius 1 is 1.20 bits per heavy atom. The quantitative estimate of drug-likeness (QED) is 0.628. The summed E-state index contributed by atoms with van der Waals surface area (Å²) >= 11 is 3.01. The van der Waals surface area contributed by atoms with E-state index in [1.54, 1.807) is 34.4 Å². The molecule has 0 saturated heterocycles. The van der Waals surface area contributed by atoms with Gasteiger partial charge in [-0.15, -0.1) is 22.7 Å². The lowest BCUT2D eigenvalue weighted by atomic mass is 10.2. The Balaban J connectivity index is 1.69.